The third kappa shape index (κ3) is 24.2. The van der Waals surface area contributed by atoms with E-state index in [4.69, 9.17) is 18.5 Å². The zero-order chi connectivity index (χ0) is 29.2. The molecule has 0 bridgehead atoms. The lowest BCUT2D eigenvalue weighted by Crippen LogP contribution is -2.28. The molecule has 0 aromatic rings. The van der Waals surface area contributed by atoms with Gasteiger partial charge >= 0.3 is 19.8 Å². The van der Waals surface area contributed by atoms with E-state index in [2.05, 4.69) is 19.1 Å². The van der Waals surface area contributed by atoms with Crippen LogP contribution in [0.3, 0.4) is 0 Å². The molecule has 3 unspecified atom stereocenters. The number of aliphatic hydroxyl groups is 2. The molecule has 10 nitrogen and oxygen atoms in total. The summed E-state index contributed by atoms with van der Waals surface area (Å²) in [6.07, 6.45) is 17.6. The smallest absolute Gasteiger partial charge is 0.457 e. The standard InChI is InChI=1S/C28H53O10P/c1-3-5-7-8-9-10-11-12-13-14-15-16-17-18-20-28(32)38-26(22-30)24-36-39(33,34)35-23-25(21-29)37-27(31)19-6-4-2/h11-12,25-26,29-30H,3-10,13-24H2,1-2H3,(H,33,34)/b12-11-. The quantitative estimate of drug-likeness (QED) is 0.0473. The molecule has 0 spiro atoms. The summed E-state index contributed by atoms with van der Waals surface area (Å²) in [7, 11) is -4.60. The number of esters is 2. The fraction of sp³-hybridized carbons (Fsp3) is 0.857. The van der Waals surface area contributed by atoms with Crippen LogP contribution in [0.25, 0.3) is 0 Å². The number of ether oxygens (including phenoxy) is 2. The first-order valence-corrected chi connectivity index (χ1v) is 16.1. The molecular weight excluding hydrogens is 527 g/mol. The van der Waals surface area contributed by atoms with E-state index in [1.54, 1.807) is 0 Å². The molecule has 0 saturated heterocycles. The van der Waals surface area contributed by atoms with E-state index in [1.165, 1.54) is 32.1 Å². The molecule has 0 aromatic carbocycles. The van der Waals surface area contributed by atoms with Crippen LogP contribution in [-0.4, -0.2) is 65.7 Å². The predicted octanol–water partition coefficient (Wildman–Crippen LogP) is 5.77. The van der Waals surface area contributed by atoms with Crippen molar-refractivity contribution >= 4 is 19.8 Å². The van der Waals surface area contributed by atoms with Gasteiger partial charge in [-0.2, -0.15) is 0 Å². The van der Waals surface area contributed by atoms with Gasteiger partial charge in [-0.3, -0.25) is 18.6 Å². The van der Waals surface area contributed by atoms with E-state index >= 15 is 0 Å². The molecule has 0 heterocycles. The molecule has 3 N–H and O–H groups in total. The Morgan fingerprint density at radius 3 is 1.54 bits per heavy atom. The van der Waals surface area contributed by atoms with Crippen LogP contribution in [0.4, 0.5) is 0 Å². The van der Waals surface area contributed by atoms with Gasteiger partial charge in [0.25, 0.3) is 0 Å². The second-order valence-electron chi connectivity index (χ2n) is 9.73. The molecule has 0 aliphatic rings. The summed E-state index contributed by atoms with van der Waals surface area (Å²) in [5, 5.41) is 18.7. The number of carbonyl (C=O) groups is 2. The number of unbranched alkanes of at least 4 members (excludes halogenated alkanes) is 11. The van der Waals surface area contributed by atoms with Crippen LogP contribution < -0.4 is 0 Å². The summed E-state index contributed by atoms with van der Waals surface area (Å²) < 4.78 is 31.8. The van der Waals surface area contributed by atoms with Crippen molar-refractivity contribution in [2.24, 2.45) is 0 Å². The van der Waals surface area contributed by atoms with Crippen molar-refractivity contribution in [1.29, 1.82) is 0 Å². The highest BCUT2D eigenvalue weighted by molar-refractivity contribution is 7.47. The van der Waals surface area contributed by atoms with Crippen LogP contribution in [0, 0.1) is 0 Å². The zero-order valence-corrected chi connectivity index (χ0v) is 25.0. The minimum Gasteiger partial charge on any atom is -0.457 e. The Morgan fingerprint density at radius 1 is 0.667 bits per heavy atom. The maximum atomic E-state index is 12.1. The lowest BCUT2D eigenvalue weighted by atomic mass is 10.1. The summed E-state index contributed by atoms with van der Waals surface area (Å²) in [5.74, 6) is -1.07. The molecule has 0 amide bonds. The monoisotopic (exact) mass is 580 g/mol. The predicted molar refractivity (Wildman–Crippen MR) is 150 cm³/mol. The van der Waals surface area contributed by atoms with Gasteiger partial charge in [0.1, 0.15) is 12.2 Å². The number of rotatable bonds is 27. The van der Waals surface area contributed by atoms with Crippen molar-refractivity contribution in [2.75, 3.05) is 26.4 Å². The molecule has 0 aliphatic carbocycles. The van der Waals surface area contributed by atoms with Crippen molar-refractivity contribution in [3.63, 3.8) is 0 Å². The lowest BCUT2D eigenvalue weighted by Gasteiger charge is -2.20. The van der Waals surface area contributed by atoms with E-state index in [0.717, 1.165) is 44.9 Å². The molecule has 0 aliphatic heterocycles. The number of hydrogen-bond donors (Lipinski definition) is 3. The van der Waals surface area contributed by atoms with E-state index < -0.39 is 58.4 Å². The van der Waals surface area contributed by atoms with Crippen LogP contribution in [0.1, 0.15) is 117 Å². The van der Waals surface area contributed by atoms with Crippen LogP contribution in [0.2, 0.25) is 0 Å². The molecule has 0 rings (SSSR count). The second kappa shape index (κ2) is 25.7. The fourth-order valence-corrected chi connectivity index (χ4v) is 4.40. The highest BCUT2D eigenvalue weighted by Gasteiger charge is 2.27. The lowest BCUT2D eigenvalue weighted by molar-refractivity contribution is -0.153. The molecule has 0 saturated carbocycles. The molecule has 3 atom stereocenters. The minimum absolute atomic E-state index is 0.167. The fourth-order valence-electron chi connectivity index (χ4n) is 3.61. The molecule has 11 heteroatoms. The Bertz CT molecular complexity index is 685. The van der Waals surface area contributed by atoms with E-state index in [9.17, 15) is 29.3 Å². The summed E-state index contributed by atoms with van der Waals surface area (Å²) in [6, 6.07) is 0. The Hall–Kier alpha value is -1.29. The number of aliphatic hydroxyl groups excluding tert-OH is 2. The zero-order valence-electron chi connectivity index (χ0n) is 24.1. The number of allylic oxidation sites excluding steroid dienone is 2. The molecule has 39 heavy (non-hydrogen) atoms. The first-order chi connectivity index (χ1) is 18.8. The normalized spacial score (nSPS) is 14.7. The summed E-state index contributed by atoms with van der Waals surface area (Å²) in [5.41, 5.74) is 0. The average molecular weight is 581 g/mol. The highest BCUT2D eigenvalue weighted by Crippen LogP contribution is 2.43. The van der Waals surface area contributed by atoms with Gasteiger partial charge in [-0.1, -0.05) is 77.4 Å². The van der Waals surface area contributed by atoms with Crippen molar-refractivity contribution in [2.45, 2.75) is 129 Å². The Kier molecular flexibility index (Phi) is 24.8. The first-order valence-electron chi connectivity index (χ1n) is 14.6. The van der Waals surface area contributed by atoms with Gasteiger partial charge in [-0.05, 0) is 38.5 Å². The number of hydrogen-bond acceptors (Lipinski definition) is 9. The molecule has 0 fully saturated rings. The summed E-state index contributed by atoms with van der Waals surface area (Å²) >= 11 is 0. The van der Waals surface area contributed by atoms with Crippen molar-refractivity contribution < 1.29 is 47.8 Å². The molecule has 0 radical (unpaired) electrons. The number of phosphoric acid groups is 1. The average Bonchev–Trinajstić information content (AvgIpc) is 2.92. The maximum absolute atomic E-state index is 12.1. The van der Waals surface area contributed by atoms with Crippen LogP contribution >= 0.6 is 7.82 Å². The van der Waals surface area contributed by atoms with Gasteiger partial charge in [-0.15, -0.1) is 0 Å². The van der Waals surface area contributed by atoms with Crippen LogP contribution in [0.5, 0.6) is 0 Å². The summed E-state index contributed by atoms with van der Waals surface area (Å²) in [6.45, 7) is 1.85. The first kappa shape index (κ1) is 37.7. The Labute approximate surface area is 235 Å². The van der Waals surface area contributed by atoms with Gasteiger partial charge in [0.15, 0.2) is 0 Å². The van der Waals surface area contributed by atoms with Crippen molar-refractivity contribution in [1.82, 2.24) is 0 Å². The van der Waals surface area contributed by atoms with E-state index in [-0.39, 0.29) is 12.8 Å². The van der Waals surface area contributed by atoms with Gasteiger partial charge in [0.2, 0.25) is 0 Å². The van der Waals surface area contributed by atoms with Crippen LogP contribution in [-0.2, 0) is 32.7 Å². The summed E-state index contributed by atoms with van der Waals surface area (Å²) in [4.78, 5) is 33.5. The minimum atomic E-state index is -4.60. The molecule has 230 valence electrons. The highest BCUT2D eigenvalue weighted by atomic mass is 31.2. The Balaban J connectivity index is 3.99. The SMILES string of the molecule is CCCCCCC/C=C\CCCCCCCC(=O)OC(CO)COP(=O)(O)OCC(CO)OC(=O)CCCC. The number of phosphoric ester groups is 1. The second-order valence-corrected chi connectivity index (χ2v) is 11.2. The van der Waals surface area contributed by atoms with Crippen molar-refractivity contribution in [3.8, 4) is 0 Å². The number of carbonyl (C=O) groups excluding carboxylic acids is 2. The maximum Gasteiger partial charge on any atom is 0.472 e. The van der Waals surface area contributed by atoms with Gasteiger partial charge in [0, 0.05) is 12.8 Å². The third-order valence-electron chi connectivity index (χ3n) is 5.98. The van der Waals surface area contributed by atoms with E-state index in [1.807, 2.05) is 6.92 Å². The molecule has 0 aromatic heterocycles. The molecular formula is C28H53O10P. The third-order valence-corrected chi connectivity index (χ3v) is 6.93. The van der Waals surface area contributed by atoms with Crippen molar-refractivity contribution in [3.05, 3.63) is 12.2 Å². The van der Waals surface area contributed by atoms with Gasteiger partial charge in [-0.25, -0.2) is 4.57 Å². The topological polar surface area (TPSA) is 149 Å². The Morgan fingerprint density at radius 2 is 1.08 bits per heavy atom. The van der Waals surface area contributed by atoms with Gasteiger partial charge in [0.05, 0.1) is 26.4 Å². The van der Waals surface area contributed by atoms with Crippen LogP contribution in [0.15, 0.2) is 12.2 Å². The largest absolute Gasteiger partial charge is 0.472 e. The van der Waals surface area contributed by atoms with E-state index in [0.29, 0.717) is 12.8 Å². The van der Waals surface area contributed by atoms with Gasteiger partial charge < -0.3 is 24.6 Å².